The maximum atomic E-state index is 13.1. The molecule has 94 valence electrons. The highest BCUT2D eigenvalue weighted by Gasteiger charge is 2.28. The molecule has 6 nitrogen and oxygen atoms in total. The third-order valence-electron chi connectivity index (χ3n) is 2.40. The number of fused-ring (bicyclic) bond motifs is 1. The molecule has 1 N–H and O–H groups in total. The van der Waals surface area contributed by atoms with Gasteiger partial charge in [-0.25, -0.2) is 9.18 Å². The number of hydrogen-bond donors (Lipinski definition) is 1. The lowest BCUT2D eigenvalue weighted by atomic mass is 10.2. The topological polar surface area (TPSA) is 85.2 Å². The molecule has 1 aromatic heterocycles. The van der Waals surface area contributed by atoms with E-state index in [1.807, 2.05) is 0 Å². The number of nitrogens with zero attached hydrogens (tertiary/aromatic N) is 1. The Balaban J connectivity index is 2.69. The maximum Gasteiger partial charge on any atom is 0.362 e. The zero-order chi connectivity index (χ0) is 13.3. The SMILES string of the molecule is CCOC(=O)c1[nH]c2ccc(F)cc2c1[N+](=O)[O-]. The Morgan fingerprint density at radius 3 is 2.89 bits per heavy atom. The number of nitro groups is 1. The van der Waals surface area contributed by atoms with Crippen molar-refractivity contribution in [2.24, 2.45) is 0 Å². The van der Waals surface area contributed by atoms with E-state index in [0.29, 0.717) is 5.52 Å². The van der Waals surface area contributed by atoms with Crippen LogP contribution in [-0.4, -0.2) is 22.5 Å². The highest BCUT2D eigenvalue weighted by atomic mass is 19.1. The van der Waals surface area contributed by atoms with Crippen LogP contribution in [0.4, 0.5) is 10.1 Å². The number of aromatic amines is 1. The molecule has 18 heavy (non-hydrogen) atoms. The van der Waals surface area contributed by atoms with Gasteiger partial charge in [0, 0.05) is 0 Å². The summed E-state index contributed by atoms with van der Waals surface area (Å²) in [6, 6.07) is 3.49. The number of H-pyrrole nitrogens is 1. The summed E-state index contributed by atoms with van der Waals surface area (Å²) in [6.07, 6.45) is 0. The largest absolute Gasteiger partial charge is 0.461 e. The minimum absolute atomic E-state index is 0.0445. The molecular formula is C11H9FN2O4. The Labute approximate surface area is 101 Å². The van der Waals surface area contributed by atoms with E-state index in [1.54, 1.807) is 6.92 Å². The minimum Gasteiger partial charge on any atom is -0.461 e. The van der Waals surface area contributed by atoms with Crippen molar-refractivity contribution in [3.05, 3.63) is 39.8 Å². The van der Waals surface area contributed by atoms with Crippen molar-refractivity contribution in [1.82, 2.24) is 4.98 Å². The Morgan fingerprint density at radius 1 is 1.56 bits per heavy atom. The first kappa shape index (κ1) is 12.0. The van der Waals surface area contributed by atoms with E-state index >= 15 is 0 Å². The molecule has 0 spiro atoms. The molecule has 7 heteroatoms. The number of esters is 1. The van der Waals surface area contributed by atoms with Gasteiger partial charge in [0.15, 0.2) is 0 Å². The van der Waals surface area contributed by atoms with E-state index < -0.39 is 22.4 Å². The fraction of sp³-hybridized carbons (Fsp3) is 0.182. The quantitative estimate of drug-likeness (QED) is 0.516. The number of aromatic nitrogens is 1. The number of benzene rings is 1. The second kappa shape index (κ2) is 4.44. The third-order valence-corrected chi connectivity index (χ3v) is 2.40. The summed E-state index contributed by atoms with van der Waals surface area (Å²) >= 11 is 0. The number of carbonyl (C=O) groups is 1. The van der Waals surface area contributed by atoms with Crippen LogP contribution >= 0.6 is 0 Å². The van der Waals surface area contributed by atoms with E-state index in [2.05, 4.69) is 4.98 Å². The van der Waals surface area contributed by atoms with Crippen LogP contribution in [0.5, 0.6) is 0 Å². The minimum atomic E-state index is -0.833. The Kier molecular flexibility index (Phi) is 2.97. The number of ether oxygens (including phenoxy) is 1. The van der Waals surface area contributed by atoms with Gasteiger partial charge < -0.3 is 9.72 Å². The molecule has 1 aromatic carbocycles. The van der Waals surface area contributed by atoms with Crippen molar-refractivity contribution in [3.8, 4) is 0 Å². The predicted molar refractivity (Wildman–Crippen MR) is 60.9 cm³/mol. The summed E-state index contributed by atoms with van der Waals surface area (Å²) in [6.45, 7) is 1.69. The van der Waals surface area contributed by atoms with Crippen molar-refractivity contribution in [3.63, 3.8) is 0 Å². The summed E-state index contributed by atoms with van der Waals surface area (Å²) in [4.78, 5) is 24.4. The highest BCUT2D eigenvalue weighted by Crippen LogP contribution is 2.30. The molecule has 0 aliphatic carbocycles. The monoisotopic (exact) mass is 252 g/mol. The molecule has 0 aliphatic rings. The lowest BCUT2D eigenvalue weighted by Crippen LogP contribution is -2.07. The summed E-state index contributed by atoms with van der Waals surface area (Å²) in [5, 5.41) is 11.0. The lowest BCUT2D eigenvalue weighted by molar-refractivity contribution is -0.383. The normalized spacial score (nSPS) is 10.6. The average Bonchev–Trinajstić information content (AvgIpc) is 2.67. The van der Waals surface area contributed by atoms with Gasteiger partial charge in [-0.1, -0.05) is 0 Å². The van der Waals surface area contributed by atoms with Gasteiger partial charge in [0.05, 0.1) is 22.4 Å². The molecule has 0 fully saturated rings. The van der Waals surface area contributed by atoms with Crippen LogP contribution in [0.25, 0.3) is 10.9 Å². The third kappa shape index (κ3) is 1.90. The molecule has 0 atom stereocenters. The van der Waals surface area contributed by atoms with Crippen molar-refractivity contribution in [2.45, 2.75) is 6.92 Å². The van der Waals surface area contributed by atoms with Gasteiger partial charge in [-0.3, -0.25) is 10.1 Å². The van der Waals surface area contributed by atoms with Crippen LogP contribution in [-0.2, 0) is 4.74 Å². The van der Waals surface area contributed by atoms with Crippen LogP contribution in [0.15, 0.2) is 18.2 Å². The van der Waals surface area contributed by atoms with E-state index in [4.69, 9.17) is 4.74 Å². The molecular weight excluding hydrogens is 243 g/mol. The molecule has 0 amide bonds. The lowest BCUT2D eigenvalue weighted by Gasteiger charge is -1.98. The number of halogens is 1. The zero-order valence-electron chi connectivity index (χ0n) is 9.40. The number of rotatable bonds is 3. The van der Waals surface area contributed by atoms with Gasteiger partial charge in [-0.2, -0.15) is 0 Å². The zero-order valence-corrected chi connectivity index (χ0v) is 9.40. The fourth-order valence-electron chi connectivity index (χ4n) is 1.69. The van der Waals surface area contributed by atoms with Crippen LogP contribution < -0.4 is 0 Å². The number of hydrogen-bond acceptors (Lipinski definition) is 4. The Bertz CT molecular complexity index is 635. The van der Waals surface area contributed by atoms with Crippen LogP contribution in [0.2, 0.25) is 0 Å². The summed E-state index contributed by atoms with van der Waals surface area (Å²) in [5.74, 6) is -1.44. The maximum absolute atomic E-state index is 13.1. The summed E-state index contributed by atoms with van der Waals surface area (Å²) < 4.78 is 17.8. The van der Waals surface area contributed by atoms with Gasteiger partial charge in [-0.15, -0.1) is 0 Å². The van der Waals surface area contributed by atoms with Gasteiger partial charge in [0.1, 0.15) is 5.82 Å². The Hall–Kier alpha value is -2.44. The van der Waals surface area contributed by atoms with Crippen LogP contribution in [0.1, 0.15) is 17.4 Å². The summed E-state index contributed by atoms with van der Waals surface area (Å²) in [5.41, 5.74) is -0.434. The van der Waals surface area contributed by atoms with Crippen LogP contribution in [0, 0.1) is 15.9 Å². The van der Waals surface area contributed by atoms with Gasteiger partial charge in [-0.05, 0) is 25.1 Å². The molecule has 0 saturated carbocycles. The fourth-order valence-corrected chi connectivity index (χ4v) is 1.69. The van der Waals surface area contributed by atoms with Gasteiger partial charge >= 0.3 is 11.7 Å². The van der Waals surface area contributed by atoms with E-state index in [0.717, 1.165) is 12.1 Å². The number of nitrogens with one attached hydrogen (secondary N) is 1. The van der Waals surface area contributed by atoms with Crippen molar-refractivity contribution >= 4 is 22.6 Å². The predicted octanol–water partition coefficient (Wildman–Crippen LogP) is 2.39. The molecule has 0 aliphatic heterocycles. The molecule has 0 bridgehead atoms. The van der Waals surface area contributed by atoms with E-state index in [1.165, 1.54) is 6.07 Å². The molecule has 0 saturated heterocycles. The van der Waals surface area contributed by atoms with Crippen molar-refractivity contribution in [2.75, 3.05) is 6.61 Å². The first-order chi connectivity index (χ1) is 8.54. The smallest absolute Gasteiger partial charge is 0.362 e. The number of carbonyl (C=O) groups excluding carboxylic acids is 1. The summed E-state index contributed by atoms with van der Waals surface area (Å²) in [7, 11) is 0. The van der Waals surface area contributed by atoms with E-state index in [9.17, 15) is 19.3 Å². The van der Waals surface area contributed by atoms with Crippen LogP contribution in [0.3, 0.4) is 0 Å². The second-order valence-corrected chi connectivity index (χ2v) is 3.52. The van der Waals surface area contributed by atoms with Gasteiger partial charge in [0.25, 0.3) is 0 Å². The molecule has 2 aromatic rings. The molecule has 0 unspecified atom stereocenters. The standard InChI is InChI=1S/C11H9FN2O4/c1-2-18-11(15)9-10(14(16)17)7-5-6(12)3-4-8(7)13-9/h3-5,13H,2H2,1H3. The van der Waals surface area contributed by atoms with Gasteiger partial charge in [0.2, 0.25) is 5.69 Å². The molecule has 2 rings (SSSR count). The first-order valence-corrected chi connectivity index (χ1v) is 5.17. The first-order valence-electron chi connectivity index (χ1n) is 5.17. The second-order valence-electron chi connectivity index (χ2n) is 3.52. The molecule has 0 radical (unpaired) electrons. The van der Waals surface area contributed by atoms with E-state index in [-0.39, 0.29) is 17.7 Å². The van der Waals surface area contributed by atoms with Crippen molar-refractivity contribution in [1.29, 1.82) is 0 Å². The Morgan fingerprint density at radius 2 is 2.28 bits per heavy atom. The average molecular weight is 252 g/mol. The molecule has 1 heterocycles. The van der Waals surface area contributed by atoms with Crippen molar-refractivity contribution < 1.29 is 18.8 Å². The highest BCUT2D eigenvalue weighted by molar-refractivity contribution is 6.03.